The molecule has 1 atom stereocenters. The van der Waals surface area contributed by atoms with Crippen LogP contribution in [0.2, 0.25) is 5.02 Å². The fourth-order valence-corrected chi connectivity index (χ4v) is 3.22. The van der Waals surface area contributed by atoms with E-state index in [4.69, 9.17) is 11.6 Å². The Morgan fingerprint density at radius 3 is 2.83 bits per heavy atom. The fraction of sp³-hybridized carbons (Fsp3) is 0.500. The first-order valence-corrected chi connectivity index (χ1v) is 8.37. The molecule has 7 nitrogen and oxygen atoms in total. The van der Waals surface area contributed by atoms with E-state index in [0.29, 0.717) is 17.5 Å². The van der Waals surface area contributed by atoms with Crippen LogP contribution in [0.4, 0.5) is 11.4 Å². The van der Waals surface area contributed by atoms with E-state index in [0.717, 1.165) is 35.7 Å². The first-order valence-electron chi connectivity index (χ1n) is 8.00. The summed E-state index contributed by atoms with van der Waals surface area (Å²) in [5.74, 6) is 2.19. The van der Waals surface area contributed by atoms with Crippen LogP contribution in [0.15, 0.2) is 12.1 Å². The molecule has 0 saturated heterocycles. The Labute approximate surface area is 145 Å². The number of nitrogens with one attached hydrogen (secondary N) is 1. The van der Waals surface area contributed by atoms with Crippen molar-refractivity contribution in [3.8, 4) is 0 Å². The summed E-state index contributed by atoms with van der Waals surface area (Å²) < 4.78 is 1.95. The first-order chi connectivity index (χ1) is 11.3. The van der Waals surface area contributed by atoms with E-state index < -0.39 is 4.92 Å². The van der Waals surface area contributed by atoms with E-state index in [1.165, 1.54) is 12.1 Å². The molecule has 128 valence electrons. The molecule has 0 saturated carbocycles. The van der Waals surface area contributed by atoms with E-state index in [1.807, 2.05) is 11.6 Å². The average Bonchev–Trinajstić information content (AvgIpc) is 2.94. The number of hydrogen-bond acceptors (Lipinski definition) is 5. The predicted molar refractivity (Wildman–Crippen MR) is 92.7 cm³/mol. The molecule has 0 fully saturated rings. The highest BCUT2D eigenvalue weighted by atomic mass is 35.5. The number of non-ortho nitro benzene ring substituents is 1. The van der Waals surface area contributed by atoms with Gasteiger partial charge in [0, 0.05) is 30.5 Å². The van der Waals surface area contributed by atoms with Crippen LogP contribution in [0.3, 0.4) is 0 Å². The summed E-state index contributed by atoms with van der Waals surface area (Å²) in [6, 6.07) is 3.09. The zero-order chi connectivity index (χ0) is 17.4. The molecule has 0 spiro atoms. The van der Waals surface area contributed by atoms with Crippen LogP contribution in [0.25, 0.3) is 0 Å². The van der Waals surface area contributed by atoms with Gasteiger partial charge in [0.15, 0.2) is 5.82 Å². The number of benzene rings is 1. The van der Waals surface area contributed by atoms with E-state index in [1.54, 1.807) is 0 Å². The van der Waals surface area contributed by atoms with Crippen molar-refractivity contribution in [2.75, 3.05) is 5.32 Å². The number of rotatable bonds is 4. The lowest BCUT2D eigenvalue weighted by Crippen LogP contribution is -2.32. The number of nitro groups is 1. The zero-order valence-corrected chi connectivity index (χ0v) is 14.7. The summed E-state index contributed by atoms with van der Waals surface area (Å²) in [6.45, 7) is 6.69. The molecule has 1 aliphatic rings. The second kappa shape index (κ2) is 6.39. The van der Waals surface area contributed by atoms with Gasteiger partial charge in [0.25, 0.3) is 5.69 Å². The van der Waals surface area contributed by atoms with Crippen LogP contribution >= 0.6 is 11.6 Å². The van der Waals surface area contributed by atoms with Crippen LogP contribution in [-0.4, -0.2) is 25.7 Å². The Kier molecular flexibility index (Phi) is 4.45. The molecule has 0 radical (unpaired) electrons. The second-order valence-electron chi connectivity index (χ2n) is 6.48. The van der Waals surface area contributed by atoms with E-state index in [2.05, 4.69) is 29.2 Å². The van der Waals surface area contributed by atoms with E-state index >= 15 is 0 Å². The molecule has 1 aliphatic heterocycles. The van der Waals surface area contributed by atoms with Crippen LogP contribution in [0, 0.1) is 17.0 Å². The summed E-state index contributed by atoms with van der Waals surface area (Å²) in [5.41, 5.74) is 1.52. The maximum atomic E-state index is 10.9. The number of nitrogens with zero attached hydrogens (tertiary/aromatic N) is 4. The number of aryl methyl sites for hydroxylation is 2. The van der Waals surface area contributed by atoms with Crippen molar-refractivity contribution in [1.82, 2.24) is 14.8 Å². The molecule has 1 unspecified atom stereocenters. The summed E-state index contributed by atoms with van der Waals surface area (Å²) in [5, 5.41) is 19.3. The highest BCUT2D eigenvalue weighted by Gasteiger charge is 2.24. The molecule has 8 heteroatoms. The Morgan fingerprint density at radius 1 is 1.46 bits per heavy atom. The minimum atomic E-state index is -0.432. The molecular formula is C16H20ClN5O2. The van der Waals surface area contributed by atoms with Crippen molar-refractivity contribution in [3.63, 3.8) is 0 Å². The number of aromatic nitrogens is 3. The molecule has 0 amide bonds. The van der Waals surface area contributed by atoms with Gasteiger partial charge in [-0.2, -0.15) is 5.10 Å². The third kappa shape index (κ3) is 3.21. The summed E-state index contributed by atoms with van der Waals surface area (Å²) >= 11 is 6.24. The number of nitro benzene ring substituents is 1. The minimum Gasteiger partial charge on any atom is -0.379 e. The van der Waals surface area contributed by atoms with E-state index in [9.17, 15) is 10.1 Å². The van der Waals surface area contributed by atoms with Gasteiger partial charge in [-0.1, -0.05) is 25.4 Å². The zero-order valence-electron chi connectivity index (χ0n) is 13.9. The van der Waals surface area contributed by atoms with Gasteiger partial charge in [-0.3, -0.25) is 10.1 Å². The molecule has 0 aliphatic carbocycles. The second-order valence-corrected chi connectivity index (χ2v) is 6.89. The Bertz CT molecular complexity index is 764. The molecule has 1 aromatic heterocycles. The highest BCUT2D eigenvalue weighted by Crippen LogP contribution is 2.32. The minimum absolute atomic E-state index is 0.00633. The van der Waals surface area contributed by atoms with Gasteiger partial charge in [0.1, 0.15) is 5.82 Å². The number of fused-ring (bicyclic) bond motifs is 1. The third-order valence-corrected chi connectivity index (χ3v) is 4.52. The van der Waals surface area contributed by atoms with Gasteiger partial charge in [0.05, 0.1) is 22.2 Å². The molecule has 24 heavy (non-hydrogen) atoms. The predicted octanol–water partition coefficient (Wildman–Crippen LogP) is 3.70. The van der Waals surface area contributed by atoms with Crippen molar-refractivity contribution >= 4 is 23.0 Å². The summed E-state index contributed by atoms with van der Waals surface area (Å²) in [6.07, 6.45) is 1.77. The SMILES string of the molecule is Cc1cc([N+](=O)[O-])cc(Cl)c1NC1CCc2nc(C(C)C)nn2C1. The lowest BCUT2D eigenvalue weighted by Gasteiger charge is -2.25. The van der Waals surface area contributed by atoms with Gasteiger partial charge >= 0.3 is 0 Å². The van der Waals surface area contributed by atoms with Crippen molar-refractivity contribution in [3.05, 3.63) is 44.5 Å². The van der Waals surface area contributed by atoms with Crippen LogP contribution < -0.4 is 5.32 Å². The highest BCUT2D eigenvalue weighted by molar-refractivity contribution is 6.33. The number of anilines is 1. The maximum Gasteiger partial charge on any atom is 0.271 e. The van der Waals surface area contributed by atoms with Gasteiger partial charge in [-0.25, -0.2) is 9.67 Å². The van der Waals surface area contributed by atoms with Gasteiger partial charge in [-0.05, 0) is 18.9 Å². The molecular weight excluding hydrogens is 330 g/mol. The summed E-state index contributed by atoms with van der Waals surface area (Å²) in [7, 11) is 0. The number of hydrogen-bond donors (Lipinski definition) is 1. The molecule has 1 N–H and O–H groups in total. The molecule has 0 bridgehead atoms. The van der Waals surface area contributed by atoms with Gasteiger partial charge in [0.2, 0.25) is 0 Å². The normalized spacial score (nSPS) is 17.0. The van der Waals surface area contributed by atoms with Crippen molar-refractivity contribution in [1.29, 1.82) is 0 Å². The molecule has 2 aromatic rings. The van der Waals surface area contributed by atoms with Crippen molar-refractivity contribution < 1.29 is 4.92 Å². The smallest absolute Gasteiger partial charge is 0.271 e. The topological polar surface area (TPSA) is 85.9 Å². The number of halogens is 1. The van der Waals surface area contributed by atoms with Crippen LogP contribution in [0.5, 0.6) is 0 Å². The maximum absolute atomic E-state index is 10.9. The fourth-order valence-electron chi connectivity index (χ4n) is 2.91. The van der Waals surface area contributed by atoms with E-state index in [-0.39, 0.29) is 11.7 Å². The Balaban J connectivity index is 1.79. The largest absolute Gasteiger partial charge is 0.379 e. The van der Waals surface area contributed by atoms with Crippen molar-refractivity contribution in [2.24, 2.45) is 0 Å². The standard InChI is InChI=1S/C16H20ClN5O2/c1-9(2)16-19-14-5-4-11(8-21(14)20-16)18-15-10(3)6-12(22(23)24)7-13(15)17/h6-7,9,11,18H,4-5,8H2,1-3H3. The Hall–Kier alpha value is -2.15. The Morgan fingerprint density at radius 2 is 2.21 bits per heavy atom. The van der Waals surface area contributed by atoms with Gasteiger partial charge < -0.3 is 5.32 Å². The quantitative estimate of drug-likeness (QED) is 0.671. The van der Waals surface area contributed by atoms with Gasteiger partial charge in [-0.15, -0.1) is 0 Å². The molecule has 2 heterocycles. The first kappa shape index (κ1) is 16.7. The molecule has 3 rings (SSSR count). The lowest BCUT2D eigenvalue weighted by atomic mass is 10.1. The average molecular weight is 350 g/mol. The van der Waals surface area contributed by atoms with Crippen LogP contribution in [0.1, 0.15) is 43.4 Å². The van der Waals surface area contributed by atoms with Crippen molar-refractivity contribution in [2.45, 2.75) is 52.1 Å². The monoisotopic (exact) mass is 349 g/mol. The third-order valence-electron chi connectivity index (χ3n) is 4.22. The summed E-state index contributed by atoms with van der Waals surface area (Å²) in [4.78, 5) is 15.1. The molecule has 1 aromatic carbocycles. The lowest BCUT2D eigenvalue weighted by molar-refractivity contribution is -0.384. The van der Waals surface area contributed by atoms with Crippen LogP contribution in [-0.2, 0) is 13.0 Å².